The highest BCUT2D eigenvalue weighted by molar-refractivity contribution is 5.74. The van der Waals surface area contributed by atoms with Gasteiger partial charge in [0, 0.05) is 0 Å². The van der Waals surface area contributed by atoms with Crippen LogP contribution in [0.2, 0.25) is 0 Å². The first-order valence-corrected chi connectivity index (χ1v) is 2.22. The molecule has 1 rings (SSSR count). The van der Waals surface area contributed by atoms with Gasteiger partial charge in [-0.15, -0.1) is 0 Å². The third-order valence-electron chi connectivity index (χ3n) is 0.858. The molecule has 0 bridgehead atoms. The van der Waals surface area contributed by atoms with E-state index in [2.05, 4.69) is 10.1 Å². The van der Waals surface area contributed by atoms with Crippen LogP contribution in [0.5, 0.6) is 0 Å². The van der Waals surface area contributed by atoms with E-state index in [-0.39, 0.29) is 0 Å². The highest BCUT2D eigenvalue weighted by Gasteiger charge is 2.20. The summed E-state index contributed by atoms with van der Waals surface area (Å²) in [5.41, 5.74) is 0. The number of nitrogens with one attached hydrogen (secondary N) is 1. The minimum Gasteiger partial charge on any atom is -0.437 e. The summed E-state index contributed by atoms with van der Waals surface area (Å²) in [7, 11) is 0. The summed E-state index contributed by atoms with van der Waals surface area (Å²) in [6.07, 6.45) is -0.484. The molecule has 1 amide bonds. The van der Waals surface area contributed by atoms with Gasteiger partial charge in [0.15, 0.2) is 12.4 Å². The molecule has 44 valence electrons. The summed E-state index contributed by atoms with van der Waals surface area (Å²) in [6, 6.07) is 0. The maximum Gasteiger partial charge on any atom is 0.408 e. The standard InChI is InChI=1S/C4H5NO3/c6-2-3-1-5-4(7)8-3/h2-3H,1H2,(H,5,7)/t3-/m0/s1. The molecule has 0 aromatic rings. The number of hydrogen-bond donors (Lipinski definition) is 1. The van der Waals surface area contributed by atoms with Gasteiger partial charge in [0.05, 0.1) is 6.54 Å². The van der Waals surface area contributed by atoms with Crippen LogP contribution >= 0.6 is 0 Å². The number of alkyl carbamates (subject to hydrolysis) is 1. The maximum atomic E-state index is 10.1. The quantitative estimate of drug-likeness (QED) is 0.459. The number of carbonyl (C=O) groups excluding carboxylic acids is 2. The summed E-state index contributed by atoms with van der Waals surface area (Å²) in [5, 5.41) is 2.33. The second-order valence-electron chi connectivity index (χ2n) is 1.46. The van der Waals surface area contributed by atoms with Gasteiger partial charge < -0.3 is 10.1 Å². The van der Waals surface area contributed by atoms with E-state index in [4.69, 9.17) is 0 Å². The van der Waals surface area contributed by atoms with Gasteiger partial charge in [0.2, 0.25) is 0 Å². The molecule has 1 heterocycles. The Hall–Kier alpha value is -1.06. The minimum atomic E-state index is -0.567. The highest BCUT2D eigenvalue weighted by atomic mass is 16.6. The molecule has 0 aromatic heterocycles. The fraction of sp³-hybridized carbons (Fsp3) is 0.500. The Kier molecular flexibility index (Phi) is 1.15. The zero-order valence-electron chi connectivity index (χ0n) is 4.09. The fourth-order valence-corrected chi connectivity index (χ4v) is 0.481. The average molecular weight is 115 g/mol. The summed E-state index contributed by atoms with van der Waals surface area (Å²) in [5.74, 6) is 0. The molecule has 1 atom stereocenters. The van der Waals surface area contributed by atoms with Gasteiger partial charge in [0.25, 0.3) is 0 Å². The Morgan fingerprint density at radius 1 is 1.88 bits per heavy atom. The fourth-order valence-electron chi connectivity index (χ4n) is 0.481. The Balaban J connectivity index is 2.43. The Bertz CT molecular complexity index is 122. The zero-order chi connectivity index (χ0) is 5.98. The predicted octanol–water partition coefficient (Wildman–Crippen LogP) is -0.706. The third-order valence-corrected chi connectivity index (χ3v) is 0.858. The van der Waals surface area contributed by atoms with Crippen LogP contribution in [0.15, 0.2) is 0 Å². The van der Waals surface area contributed by atoms with Crippen LogP contribution in [0.1, 0.15) is 0 Å². The monoisotopic (exact) mass is 115 g/mol. The van der Waals surface area contributed by atoms with E-state index in [0.717, 1.165) is 0 Å². The van der Waals surface area contributed by atoms with E-state index in [1.54, 1.807) is 0 Å². The maximum absolute atomic E-state index is 10.1. The summed E-state index contributed by atoms with van der Waals surface area (Å²) in [6.45, 7) is 0.308. The van der Waals surface area contributed by atoms with Gasteiger partial charge >= 0.3 is 6.09 Å². The van der Waals surface area contributed by atoms with Crippen LogP contribution in [0, 0.1) is 0 Å². The molecular weight excluding hydrogens is 110 g/mol. The third kappa shape index (κ3) is 0.776. The second kappa shape index (κ2) is 1.81. The number of carbonyl (C=O) groups is 2. The van der Waals surface area contributed by atoms with E-state index in [9.17, 15) is 9.59 Å². The molecule has 0 aromatic carbocycles. The first kappa shape index (κ1) is 5.08. The van der Waals surface area contributed by atoms with Crippen molar-refractivity contribution >= 4 is 12.4 Å². The van der Waals surface area contributed by atoms with Crippen molar-refractivity contribution in [3.63, 3.8) is 0 Å². The van der Waals surface area contributed by atoms with E-state index < -0.39 is 12.2 Å². The predicted molar refractivity (Wildman–Crippen MR) is 24.3 cm³/mol. The van der Waals surface area contributed by atoms with Crippen molar-refractivity contribution in [2.75, 3.05) is 6.54 Å². The van der Waals surface area contributed by atoms with Crippen molar-refractivity contribution in [1.29, 1.82) is 0 Å². The number of amides is 1. The lowest BCUT2D eigenvalue weighted by molar-refractivity contribution is -0.113. The number of ether oxygens (including phenoxy) is 1. The second-order valence-corrected chi connectivity index (χ2v) is 1.46. The lowest BCUT2D eigenvalue weighted by Crippen LogP contribution is -2.15. The molecule has 1 N–H and O–H groups in total. The van der Waals surface area contributed by atoms with Crippen molar-refractivity contribution in [1.82, 2.24) is 5.32 Å². The molecule has 1 aliphatic rings. The minimum absolute atomic E-state index is 0.308. The lowest BCUT2D eigenvalue weighted by atomic mass is 10.4. The molecule has 0 aliphatic carbocycles. The number of aldehydes is 1. The van der Waals surface area contributed by atoms with Crippen LogP contribution in [-0.4, -0.2) is 25.0 Å². The molecule has 1 aliphatic heterocycles. The van der Waals surface area contributed by atoms with Crippen molar-refractivity contribution < 1.29 is 14.3 Å². The van der Waals surface area contributed by atoms with Crippen LogP contribution in [0.3, 0.4) is 0 Å². The smallest absolute Gasteiger partial charge is 0.408 e. The van der Waals surface area contributed by atoms with Crippen molar-refractivity contribution in [2.45, 2.75) is 6.10 Å². The van der Waals surface area contributed by atoms with E-state index >= 15 is 0 Å². The molecule has 0 unspecified atom stereocenters. The van der Waals surface area contributed by atoms with Gasteiger partial charge in [-0.05, 0) is 0 Å². The van der Waals surface area contributed by atoms with Crippen molar-refractivity contribution in [2.24, 2.45) is 0 Å². The van der Waals surface area contributed by atoms with Crippen molar-refractivity contribution in [3.05, 3.63) is 0 Å². The Labute approximate surface area is 45.8 Å². The van der Waals surface area contributed by atoms with Gasteiger partial charge in [0.1, 0.15) is 0 Å². The van der Waals surface area contributed by atoms with E-state index in [1.165, 1.54) is 0 Å². The first-order chi connectivity index (χ1) is 3.83. The van der Waals surface area contributed by atoms with Crippen LogP contribution in [0.4, 0.5) is 4.79 Å². The molecule has 0 spiro atoms. The number of cyclic esters (lactones) is 1. The summed E-state index contributed by atoms with van der Waals surface area (Å²) < 4.78 is 4.39. The molecule has 0 radical (unpaired) electrons. The first-order valence-electron chi connectivity index (χ1n) is 2.22. The number of rotatable bonds is 1. The molecule has 4 nitrogen and oxygen atoms in total. The van der Waals surface area contributed by atoms with Crippen LogP contribution < -0.4 is 5.32 Å². The van der Waals surface area contributed by atoms with Gasteiger partial charge in [-0.2, -0.15) is 0 Å². The van der Waals surface area contributed by atoms with Crippen molar-refractivity contribution in [3.8, 4) is 0 Å². The van der Waals surface area contributed by atoms with Gasteiger partial charge in [-0.1, -0.05) is 0 Å². The molecule has 0 saturated carbocycles. The Morgan fingerprint density at radius 3 is 2.88 bits per heavy atom. The summed E-state index contributed by atoms with van der Waals surface area (Å²) in [4.78, 5) is 20.0. The number of hydrogen-bond acceptors (Lipinski definition) is 3. The van der Waals surface area contributed by atoms with E-state index in [0.29, 0.717) is 12.8 Å². The molecule has 1 saturated heterocycles. The molecule has 4 heteroatoms. The summed E-state index contributed by atoms with van der Waals surface area (Å²) >= 11 is 0. The van der Waals surface area contributed by atoms with Crippen LogP contribution in [0.25, 0.3) is 0 Å². The topological polar surface area (TPSA) is 55.4 Å². The Morgan fingerprint density at radius 2 is 2.62 bits per heavy atom. The van der Waals surface area contributed by atoms with E-state index in [1.807, 2.05) is 0 Å². The molecule has 8 heavy (non-hydrogen) atoms. The van der Waals surface area contributed by atoms with Gasteiger partial charge in [-0.25, -0.2) is 4.79 Å². The van der Waals surface area contributed by atoms with Crippen LogP contribution in [-0.2, 0) is 9.53 Å². The normalized spacial score (nSPS) is 26.5. The highest BCUT2D eigenvalue weighted by Crippen LogP contribution is 1.94. The zero-order valence-corrected chi connectivity index (χ0v) is 4.09. The lowest BCUT2D eigenvalue weighted by Gasteiger charge is -1.91. The molecular formula is C4H5NO3. The average Bonchev–Trinajstić information content (AvgIpc) is 2.14. The molecule has 1 fully saturated rings. The van der Waals surface area contributed by atoms with Gasteiger partial charge in [-0.3, -0.25) is 4.79 Å². The largest absolute Gasteiger partial charge is 0.437 e. The SMILES string of the molecule is O=C[C@@H]1CNC(=O)O1.